The number of anilines is 3. The first-order valence-electron chi connectivity index (χ1n) is 6.47. The molecule has 2 aromatic rings. The van der Waals surface area contributed by atoms with Crippen LogP contribution in [0.2, 0.25) is 0 Å². The van der Waals surface area contributed by atoms with E-state index in [0.717, 1.165) is 25.2 Å². The molecular weight excluding hydrogens is 236 g/mol. The van der Waals surface area contributed by atoms with E-state index in [0.29, 0.717) is 5.82 Å². The molecule has 0 aliphatic heterocycles. The second-order valence-corrected chi connectivity index (χ2v) is 4.51. The van der Waals surface area contributed by atoms with Gasteiger partial charge in [0.15, 0.2) is 0 Å². The smallest absolute Gasteiger partial charge is 0.125 e. The van der Waals surface area contributed by atoms with Gasteiger partial charge in [-0.1, -0.05) is 18.2 Å². The minimum atomic E-state index is 0.548. The van der Waals surface area contributed by atoms with Crippen molar-refractivity contribution in [2.75, 3.05) is 36.1 Å². The van der Waals surface area contributed by atoms with Gasteiger partial charge in [0.25, 0.3) is 0 Å². The highest BCUT2D eigenvalue weighted by molar-refractivity contribution is 5.49. The molecule has 1 heterocycles. The summed E-state index contributed by atoms with van der Waals surface area (Å²) in [5.74, 6) is 0.548. The van der Waals surface area contributed by atoms with Crippen molar-refractivity contribution in [1.29, 1.82) is 0 Å². The van der Waals surface area contributed by atoms with E-state index < -0.39 is 0 Å². The van der Waals surface area contributed by atoms with Crippen LogP contribution in [0.3, 0.4) is 0 Å². The van der Waals surface area contributed by atoms with Crippen LogP contribution >= 0.6 is 0 Å². The monoisotopic (exact) mass is 256 g/mol. The Morgan fingerprint density at radius 1 is 1.21 bits per heavy atom. The molecular formula is C15H20N4. The van der Waals surface area contributed by atoms with E-state index in [1.165, 1.54) is 5.69 Å². The minimum absolute atomic E-state index is 0.548. The van der Waals surface area contributed by atoms with Crippen LogP contribution in [0.25, 0.3) is 0 Å². The van der Waals surface area contributed by atoms with Gasteiger partial charge >= 0.3 is 0 Å². The fourth-order valence-electron chi connectivity index (χ4n) is 1.92. The van der Waals surface area contributed by atoms with Crippen molar-refractivity contribution in [3.8, 4) is 0 Å². The van der Waals surface area contributed by atoms with Gasteiger partial charge in [-0.3, -0.25) is 0 Å². The highest BCUT2D eigenvalue weighted by Gasteiger charge is 1.99. The van der Waals surface area contributed by atoms with E-state index in [-0.39, 0.29) is 0 Å². The van der Waals surface area contributed by atoms with Gasteiger partial charge in [-0.2, -0.15) is 0 Å². The van der Waals surface area contributed by atoms with Crippen LogP contribution in [0.1, 0.15) is 6.42 Å². The molecule has 0 spiro atoms. The lowest BCUT2D eigenvalue weighted by Gasteiger charge is -2.19. The molecule has 3 N–H and O–H groups in total. The van der Waals surface area contributed by atoms with Crippen molar-refractivity contribution in [1.82, 2.24) is 4.98 Å². The van der Waals surface area contributed by atoms with E-state index in [1.54, 1.807) is 6.20 Å². The highest BCUT2D eigenvalue weighted by Crippen LogP contribution is 2.12. The third kappa shape index (κ3) is 4.17. The average Bonchev–Trinajstić information content (AvgIpc) is 2.44. The first kappa shape index (κ1) is 13.2. The molecule has 0 aliphatic carbocycles. The first-order valence-corrected chi connectivity index (χ1v) is 6.47. The second kappa shape index (κ2) is 6.64. The van der Waals surface area contributed by atoms with E-state index in [9.17, 15) is 0 Å². The van der Waals surface area contributed by atoms with Crippen molar-refractivity contribution in [3.63, 3.8) is 0 Å². The van der Waals surface area contributed by atoms with E-state index in [4.69, 9.17) is 5.73 Å². The topological polar surface area (TPSA) is 54.2 Å². The minimum Gasteiger partial charge on any atom is -0.385 e. The zero-order valence-electron chi connectivity index (χ0n) is 11.2. The molecule has 19 heavy (non-hydrogen) atoms. The third-order valence-corrected chi connectivity index (χ3v) is 2.98. The Morgan fingerprint density at radius 3 is 2.74 bits per heavy atom. The summed E-state index contributed by atoms with van der Waals surface area (Å²) >= 11 is 0. The maximum Gasteiger partial charge on any atom is 0.125 e. The molecule has 0 amide bonds. The molecule has 100 valence electrons. The predicted octanol–water partition coefficient (Wildman–Crippen LogP) is 2.60. The summed E-state index contributed by atoms with van der Waals surface area (Å²) < 4.78 is 0. The van der Waals surface area contributed by atoms with Gasteiger partial charge in [0, 0.05) is 43.8 Å². The molecule has 2 rings (SSSR count). The Morgan fingerprint density at radius 2 is 2.00 bits per heavy atom. The standard InChI is InChI=1S/C15H20N4/c1-19(14-6-3-2-4-7-14)11-5-9-17-13-8-10-18-15(16)12-13/h2-4,6-8,10,12H,5,9,11H2,1H3,(H3,16,17,18). The zero-order valence-corrected chi connectivity index (χ0v) is 11.2. The highest BCUT2D eigenvalue weighted by atomic mass is 15.1. The van der Waals surface area contributed by atoms with Gasteiger partial charge in [-0.15, -0.1) is 0 Å². The van der Waals surface area contributed by atoms with Gasteiger partial charge in [0.2, 0.25) is 0 Å². The van der Waals surface area contributed by atoms with Crippen LogP contribution < -0.4 is 16.0 Å². The summed E-state index contributed by atoms with van der Waals surface area (Å²) in [7, 11) is 2.11. The van der Waals surface area contributed by atoms with Gasteiger partial charge in [-0.25, -0.2) is 4.98 Å². The maximum absolute atomic E-state index is 5.63. The maximum atomic E-state index is 5.63. The molecule has 4 nitrogen and oxygen atoms in total. The molecule has 0 fully saturated rings. The van der Waals surface area contributed by atoms with Gasteiger partial charge in [0.1, 0.15) is 5.82 Å². The fraction of sp³-hybridized carbons (Fsp3) is 0.267. The van der Waals surface area contributed by atoms with E-state index in [1.807, 2.05) is 18.2 Å². The summed E-state index contributed by atoms with van der Waals surface area (Å²) in [4.78, 5) is 6.22. The Bertz CT molecular complexity index is 499. The largest absolute Gasteiger partial charge is 0.385 e. The Hall–Kier alpha value is -2.23. The van der Waals surface area contributed by atoms with Crippen molar-refractivity contribution < 1.29 is 0 Å². The normalized spacial score (nSPS) is 10.2. The first-order chi connectivity index (χ1) is 9.25. The quantitative estimate of drug-likeness (QED) is 0.780. The van der Waals surface area contributed by atoms with Crippen LogP contribution in [-0.4, -0.2) is 25.1 Å². The number of nitrogen functional groups attached to an aromatic ring is 1. The van der Waals surface area contributed by atoms with Gasteiger partial charge < -0.3 is 16.0 Å². The van der Waals surface area contributed by atoms with Crippen LogP contribution in [-0.2, 0) is 0 Å². The van der Waals surface area contributed by atoms with Crippen LogP contribution in [0.5, 0.6) is 0 Å². The molecule has 0 saturated carbocycles. The number of benzene rings is 1. The SMILES string of the molecule is CN(CCCNc1ccnc(N)c1)c1ccccc1. The lowest BCUT2D eigenvalue weighted by molar-refractivity contribution is 0.816. The number of para-hydroxylation sites is 1. The molecule has 0 atom stereocenters. The molecule has 0 aliphatic rings. The van der Waals surface area contributed by atoms with E-state index >= 15 is 0 Å². The number of nitrogens with one attached hydrogen (secondary N) is 1. The number of nitrogens with two attached hydrogens (primary N) is 1. The van der Waals surface area contributed by atoms with Crippen LogP contribution in [0, 0.1) is 0 Å². The molecule has 0 unspecified atom stereocenters. The zero-order chi connectivity index (χ0) is 13.5. The summed E-state index contributed by atoms with van der Waals surface area (Å²) in [6.07, 6.45) is 2.78. The summed E-state index contributed by atoms with van der Waals surface area (Å²) in [6.45, 7) is 1.93. The predicted molar refractivity (Wildman–Crippen MR) is 81.5 cm³/mol. The molecule has 0 saturated heterocycles. The number of nitrogens with zero attached hydrogens (tertiary/aromatic N) is 2. The lowest BCUT2D eigenvalue weighted by Crippen LogP contribution is -2.20. The summed E-state index contributed by atoms with van der Waals surface area (Å²) in [6, 6.07) is 14.2. The lowest BCUT2D eigenvalue weighted by atomic mass is 10.3. The molecule has 1 aromatic heterocycles. The van der Waals surface area contributed by atoms with Crippen molar-refractivity contribution in [2.24, 2.45) is 0 Å². The average molecular weight is 256 g/mol. The number of aromatic nitrogens is 1. The van der Waals surface area contributed by atoms with E-state index in [2.05, 4.69) is 46.5 Å². The number of rotatable bonds is 6. The Balaban J connectivity index is 1.72. The number of pyridine rings is 1. The fourth-order valence-corrected chi connectivity index (χ4v) is 1.92. The molecule has 0 radical (unpaired) electrons. The van der Waals surface area contributed by atoms with Crippen molar-refractivity contribution in [2.45, 2.75) is 6.42 Å². The summed E-state index contributed by atoms with van der Waals surface area (Å²) in [5, 5.41) is 3.35. The van der Waals surface area contributed by atoms with Crippen LogP contribution in [0.4, 0.5) is 17.2 Å². The van der Waals surface area contributed by atoms with Crippen LogP contribution in [0.15, 0.2) is 48.7 Å². The number of hydrogen-bond acceptors (Lipinski definition) is 4. The number of hydrogen-bond donors (Lipinski definition) is 2. The Labute approximate surface area is 114 Å². The Kier molecular flexibility index (Phi) is 4.61. The van der Waals surface area contributed by atoms with Gasteiger partial charge in [-0.05, 0) is 24.6 Å². The molecule has 4 heteroatoms. The molecule has 1 aromatic carbocycles. The van der Waals surface area contributed by atoms with Crippen molar-refractivity contribution in [3.05, 3.63) is 48.7 Å². The van der Waals surface area contributed by atoms with Crippen molar-refractivity contribution >= 4 is 17.2 Å². The second-order valence-electron chi connectivity index (χ2n) is 4.51. The van der Waals surface area contributed by atoms with Gasteiger partial charge in [0.05, 0.1) is 0 Å². The summed E-state index contributed by atoms with van der Waals surface area (Å²) in [5.41, 5.74) is 7.90. The third-order valence-electron chi connectivity index (χ3n) is 2.98. The molecule has 0 bridgehead atoms.